The van der Waals surface area contributed by atoms with E-state index in [4.69, 9.17) is 24.3 Å². The van der Waals surface area contributed by atoms with Crippen LogP contribution in [0.2, 0.25) is 0 Å². The van der Waals surface area contributed by atoms with Crippen LogP contribution in [0.3, 0.4) is 0 Å². The maximum Gasteiger partial charge on any atom is 0.410 e. The molecule has 0 unspecified atom stereocenters. The highest BCUT2D eigenvalue weighted by Crippen LogP contribution is 2.36. The predicted molar refractivity (Wildman–Crippen MR) is 180 cm³/mol. The van der Waals surface area contributed by atoms with Crippen LogP contribution in [-0.2, 0) is 25.0 Å². The van der Waals surface area contributed by atoms with Gasteiger partial charge in [-0.25, -0.2) is 4.79 Å². The Labute approximate surface area is 270 Å². The van der Waals surface area contributed by atoms with E-state index in [1.807, 2.05) is 105 Å². The number of hydrogen-bond acceptors (Lipinski definition) is 7. The number of benzene rings is 3. The van der Waals surface area contributed by atoms with Gasteiger partial charge in [0.05, 0.1) is 11.1 Å². The Kier molecular flexibility index (Phi) is 9.10. The van der Waals surface area contributed by atoms with E-state index in [1.165, 1.54) is 0 Å². The SMILES string of the molecule is Cn1nc(-c2ccc(OCc3ccccc3)nc2OCc2ccccc2)c2ccc(NC3CCN(C(=O)OC(C)(C)C)CC3)cc21. The van der Waals surface area contributed by atoms with E-state index in [0.717, 1.165) is 51.8 Å². The minimum Gasteiger partial charge on any atom is -0.473 e. The molecule has 6 rings (SSSR count). The quantitative estimate of drug-likeness (QED) is 0.182. The molecule has 1 saturated heterocycles. The Bertz CT molecular complexity index is 1770. The number of ether oxygens (including phenoxy) is 3. The molecule has 1 N–H and O–H groups in total. The van der Waals surface area contributed by atoms with Crippen LogP contribution < -0.4 is 14.8 Å². The number of nitrogens with zero attached hydrogens (tertiary/aromatic N) is 4. The van der Waals surface area contributed by atoms with Gasteiger partial charge in [0.15, 0.2) is 0 Å². The van der Waals surface area contributed by atoms with Crippen molar-refractivity contribution in [3.05, 3.63) is 102 Å². The second kappa shape index (κ2) is 13.5. The smallest absolute Gasteiger partial charge is 0.410 e. The number of fused-ring (bicyclic) bond motifs is 1. The molecule has 238 valence electrons. The zero-order chi connectivity index (χ0) is 32.1. The summed E-state index contributed by atoms with van der Waals surface area (Å²) in [4.78, 5) is 19.1. The van der Waals surface area contributed by atoms with Crippen LogP contribution in [0.15, 0.2) is 91.0 Å². The van der Waals surface area contributed by atoms with E-state index in [-0.39, 0.29) is 12.1 Å². The summed E-state index contributed by atoms with van der Waals surface area (Å²) in [6.07, 6.45) is 1.45. The van der Waals surface area contributed by atoms with Gasteiger partial charge in [0.25, 0.3) is 0 Å². The number of piperidine rings is 1. The van der Waals surface area contributed by atoms with Crippen LogP contribution in [-0.4, -0.2) is 50.5 Å². The fourth-order valence-corrected chi connectivity index (χ4v) is 5.57. The third-order valence-electron chi connectivity index (χ3n) is 7.91. The van der Waals surface area contributed by atoms with Crippen LogP contribution in [0, 0.1) is 0 Å². The van der Waals surface area contributed by atoms with Crippen molar-refractivity contribution in [1.82, 2.24) is 19.7 Å². The highest BCUT2D eigenvalue weighted by molar-refractivity contribution is 5.96. The first-order valence-corrected chi connectivity index (χ1v) is 15.8. The third-order valence-corrected chi connectivity index (χ3v) is 7.91. The first-order valence-electron chi connectivity index (χ1n) is 15.8. The number of hydrogen-bond donors (Lipinski definition) is 1. The molecule has 0 radical (unpaired) electrons. The molecule has 46 heavy (non-hydrogen) atoms. The lowest BCUT2D eigenvalue weighted by Gasteiger charge is -2.34. The van der Waals surface area contributed by atoms with E-state index >= 15 is 0 Å². The van der Waals surface area contributed by atoms with E-state index in [2.05, 4.69) is 23.5 Å². The Balaban J connectivity index is 1.20. The number of nitrogens with one attached hydrogen (secondary N) is 1. The fourth-order valence-electron chi connectivity index (χ4n) is 5.57. The molecule has 0 bridgehead atoms. The summed E-state index contributed by atoms with van der Waals surface area (Å²) in [5.74, 6) is 0.952. The molecule has 1 aliphatic rings. The second-order valence-electron chi connectivity index (χ2n) is 12.6. The van der Waals surface area contributed by atoms with Crippen molar-refractivity contribution < 1.29 is 19.0 Å². The zero-order valence-corrected chi connectivity index (χ0v) is 26.9. The minimum atomic E-state index is -0.493. The molecule has 3 heterocycles. The topological polar surface area (TPSA) is 90.7 Å². The average molecular weight is 620 g/mol. The highest BCUT2D eigenvalue weighted by Gasteiger charge is 2.27. The van der Waals surface area contributed by atoms with Crippen LogP contribution >= 0.6 is 0 Å². The molecular formula is C37H41N5O4. The second-order valence-corrected chi connectivity index (χ2v) is 12.6. The van der Waals surface area contributed by atoms with E-state index in [0.29, 0.717) is 38.1 Å². The van der Waals surface area contributed by atoms with Crippen molar-refractivity contribution in [3.8, 4) is 23.0 Å². The molecule has 0 spiro atoms. The summed E-state index contributed by atoms with van der Waals surface area (Å²) in [6, 6.07) is 30.5. The number of likely N-dealkylation sites (tertiary alicyclic amines) is 1. The van der Waals surface area contributed by atoms with Gasteiger partial charge in [0.1, 0.15) is 24.5 Å². The molecule has 1 amide bonds. The Morgan fingerprint density at radius 1 is 0.870 bits per heavy atom. The predicted octanol–water partition coefficient (Wildman–Crippen LogP) is 7.60. The van der Waals surface area contributed by atoms with Crippen LogP contribution in [0.1, 0.15) is 44.7 Å². The number of pyridine rings is 1. The van der Waals surface area contributed by atoms with Gasteiger partial charge in [0.2, 0.25) is 11.8 Å². The van der Waals surface area contributed by atoms with Gasteiger partial charge in [-0.1, -0.05) is 60.7 Å². The maximum absolute atomic E-state index is 12.5. The first-order chi connectivity index (χ1) is 22.2. The Morgan fingerprint density at radius 3 is 2.17 bits per heavy atom. The monoisotopic (exact) mass is 619 g/mol. The summed E-state index contributed by atoms with van der Waals surface area (Å²) in [5.41, 5.74) is 5.21. The van der Waals surface area contributed by atoms with Crippen LogP contribution in [0.25, 0.3) is 22.2 Å². The average Bonchev–Trinajstić information content (AvgIpc) is 3.38. The number of aryl methyl sites for hydroxylation is 1. The Hall–Kier alpha value is -5.05. The van der Waals surface area contributed by atoms with E-state index in [1.54, 1.807) is 4.90 Å². The number of anilines is 1. The lowest BCUT2D eigenvalue weighted by molar-refractivity contribution is 0.0210. The van der Waals surface area contributed by atoms with Crippen molar-refractivity contribution >= 4 is 22.7 Å². The molecule has 9 nitrogen and oxygen atoms in total. The van der Waals surface area contributed by atoms with Gasteiger partial charge >= 0.3 is 6.09 Å². The van der Waals surface area contributed by atoms with Gasteiger partial charge in [-0.15, -0.1) is 0 Å². The van der Waals surface area contributed by atoms with Gasteiger partial charge < -0.3 is 24.4 Å². The molecule has 2 aromatic heterocycles. The van der Waals surface area contributed by atoms with Gasteiger partial charge in [-0.2, -0.15) is 10.1 Å². The number of rotatable bonds is 9. The van der Waals surface area contributed by atoms with Gasteiger partial charge in [-0.3, -0.25) is 4.68 Å². The lowest BCUT2D eigenvalue weighted by Crippen LogP contribution is -2.44. The van der Waals surface area contributed by atoms with Crippen molar-refractivity contribution in [1.29, 1.82) is 0 Å². The van der Waals surface area contributed by atoms with Crippen molar-refractivity contribution in [3.63, 3.8) is 0 Å². The van der Waals surface area contributed by atoms with Crippen molar-refractivity contribution in [2.24, 2.45) is 7.05 Å². The number of carbonyl (C=O) groups is 1. The summed E-state index contributed by atoms with van der Waals surface area (Å²) in [6.45, 7) is 7.78. The molecule has 5 aromatic rings. The van der Waals surface area contributed by atoms with E-state index in [9.17, 15) is 4.79 Å². The van der Waals surface area contributed by atoms with E-state index < -0.39 is 5.60 Å². The van der Waals surface area contributed by atoms with Gasteiger partial charge in [0, 0.05) is 43.3 Å². The van der Waals surface area contributed by atoms with Crippen LogP contribution in [0.5, 0.6) is 11.8 Å². The molecule has 9 heteroatoms. The summed E-state index contributed by atoms with van der Waals surface area (Å²) in [5, 5.41) is 9.58. The molecule has 0 aliphatic carbocycles. The summed E-state index contributed by atoms with van der Waals surface area (Å²) < 4.78 is 19.8. The molecule has 3 aromatic carbocycles. The minimum absolute atomic E-state index is 0.243. The van der Waals surface area contributed by atoms with Crippen molar-refractivity contribution in [2.75, 3.05) is 18.4 Å². The van der Waals surface area contributed by atoms with Crippen molar-refractivity contribution in [2.45, 2.75) is 58.5 Å². The maximum atomic E-state index is 12.5. The van der Waals surface area contributed by atoms with Gasteiger partial charge in [-0.05, 0) is 69.0 Å². The standard InChI is InChI=1S/C37H41N5O4/c1-37(2,3)46-36(43)42-21-19-28(20-22-42)38-29-15-16-30-32(23-29)41(4)40-34(30)31-17-18-33(44-24-26-11-7-5-8-12-26)39-35(31)45-25-27-13-9-6-10-14-27/h5-18,23,28,38H,19-22,24-25H2,1-4H3. The lowest BCUT2D eigenvalue weighted by atomic mass is 10.0. The third kappa shape index (κ3) is 7.59. The summed E-state index contributed by atoms with van der Waals surface area (Å²) in [7, 11) is 1.95. The number of aromatic nitrogens is 3. The zero-order valence-electron chi connectivity index (χ0n) is 26.9. The molecule has 0 atom stereocenters. The normalized spacial score (nSPS) is 13.9. The number of carbonyl (C=O) groups excluding carboxylic acids is 1. The molecule has 1 fully saturated rings. The fraction of sp³-hybridized carbons (Fsp3) is 0.324. The number of amides is 1. The molecule has 1 aliphatic heterocycles. The summed E-state index contributed by atoms with van der Waals surface area (Å²) >= 11 is 0. The first kappa shape index (κ1) is 31.0. The molecular weight excluding hydrogens is 578 g/mol. The molecule has 0 saturated carbocycles. The largest absolute Gasteiger partial charge is 0.473 e. The Morgan fingerprint density at radius 2 is 1.52 bits per heavy atom. The van der Waals surface area contributed by atoms with Crippen LogP contribution in [0.4, 0.5) is 10.5 Å². The highest BCUT2D eigenvalue weighted by atomic mass is 16.6.